The van der Waals surface area contributed by atoms with Crippen molar-refractivity contribution >= 4 is 11.8 Å². The fourth-order valence-corrected chi connectivity index (χ4v) is 3.93. The van der Waals surface area contributed by atoms with Crippen LogP contribution in [0.3, 0.4) is 0 Å². The first-order valence-electron chi connectivity index (χ1n) is 11.3. The number of hydrogen-bond donors (Lipinski definition) is 1. The van der Waals surface area contributed by atoms with Gasteiger partial charge in [0.2, 0.25) is 0 Å². The molecule has 2 aromatic rings. The predicted octanol–water partition coefficient (Wildman–Crippen LogP) is 5.80. The van der Waals surface area contributed by atoms with Gasteiger partial charge in [0.25, 0.3) is 0 Å². The molecular weight excluding hydrogens is 386 g/mol. The number of esters is 1. The van der Waals surface area contributed by atoms with Crippen LogP contribution >= 0.6 is 0 Å². The second-order valence-corrected chi connectivity index (χ2v) is 9.35. The zero-order valence-corrected chi connectivity index (χ0v) is 19.3. The van der Waals surface area contributed by atoms with Crippen LogP contribution < -0.4 is 5.73 Å². The van der Waals surface area contributed by atoms with E-state index in [4.69, 9.17) is 10.5 Å². The van der Waals surface area contributed by atoms with E-state index in [-0.39, 0.29) is 23.6 Å². The van der Waals surface area contributed by atoms with Gasteiger partial charge in [-0.3, -0.25) is 9.59 Å². The molecule has 4 nitrogen and oxygen atoms in total. The number of ketones is 1. The summed E-state index contributed by atoms with van der Waals surface area (Å²) < 4.78 is 5.48. The topological polar surface area (TPSA) is 69.4 Å². The predicted molar refractivity (Wildman–Crippen MR) is 126 cm³/mol. The number of Topliss-reactive ketones (excluding diaryl/α,β-unsaturated/α-hetero) is 1. The lowest BCUT2D eigenvalue weighted by Gasteiger charge is -2.32. The first kappa shape index (κ1) is 24.8. The number of carbonyl (C=O) groups is 2. The minimum Gasteiger partial charge on any atom is -0.460 e. The molecule has 0 aromatic heterocycles. The lowest BCUT2D eigenvalue weighted by Crippen LogP contribution is -2.33. The first-order chi connectivity index (χ1) is 14.7. The van der Waals surface area contributed by atoms with Crippen molar-refractivity contribution in [1.29, 1.82) is 0 Å². The van der Waals surface area contributed by atoms with Gasteiger partial charge in [0.1, 0.15) is 5.60 Å². The van der Waals surface area contributed by atoms with Gasteiger partial charge < -0.3 is 10.5 Å². The third-order valence-electron chi connectivity index (χ3n) is 5.77. The maximum absolute atomic E-state index is 12.6. The zero-order valence-electron chi connectivity index (χ0n) is 19.3. The monoisotopic (exact) mass is 423 g/mol. The van der Waals surface area contributed by atoms with Gasteiger partial charge in [-0.15, -0.1) is 0 Å². The van der Waals surface area contributed by atoms with Gasteiger partial charge in [0.15, 0.2) is 5.78 Å². The van der Waals surface area contributed by atoms with Crippen molar-refractivity contribution in [1.82, 2.24) is 0 Å². The lowest BCUT2D eigenvalue weighted by atomic mass is 9.74. The van der Waals surface area contributed by atoms with Gasteiger partial charge in [0.05, 0.1) is 5.92 Å². The molecule has 0 radical (unpaired) electrons. The molecule has 1 saturated carbocycles. The summed E-state index contributed by atoms with van der Waals surface area (Å²) >= 11 is 0. The number of ether oxygens (including phenoxy) is 1. The summed E-state index contributed by atoms with van der Waals surface area (Å²) in [5.74, 6) is 0.493. The van der Waals surface area contributed by atoms with Gasteiger partial charge in [-0.2, -0.15) is 0 Å². The van der Waals surface area contributed by atoms with Crippen molar-refractivity contribution in [2.45, 2.75) is 65.5 Å². The van der Waals surface area contributed by atoms with E-state index in [1.54, 1.807) is 0 Å². The molecule has 1 fully saturated rings. The molecule has 168 valence electrons. The zero-order chi connectivity index (χ0) is 22.9. The maximum atomic E-state index is 12.6. The van der Waals surface area contributed by atoms with E-state index in [2.05, 4.69) is 0 Å². The first-order valence-corrected chi connectivity index (χ1v) is 11.3. The fourth-order valence-electron chi connectivity index (χ4n) is 3.93. The Labute approximate surface area is 187 Å². The van der Waals surface area contributed by atoms with Crippen LogP contribution in [0.15, 0.2) is 60.7 Å². The summed E-state index contributed by atoms with van der Waals surface area (Å²) in [6.45, 7) is 8.36. The fraction of sp³-hybridized carbons (Fsp3) is 0.481. The van der Waals surface area contributed by atoms with Gasteiger partial charge in [-0.1, -0.05) is 67.6 Å². The Morgan fingerprint density at radius 3 is 1.90 bits per heavy atom. The molecule has 0 bridgehead atoms. The summed E-state index contributed by atoms with van der Waals surface area (Å²) in [4.78, 5) is 24.7. The minimum atomic E-state index is -0.426. The average Bonchev–Trinajstić information content (AvgIpc) is 2.78. The summed E-state index contributed by atoms with van der Waals surface area (Å²) in [5.41, 5.74) is 6.90. The van der Waals surface area contributed by atoms with Gasteiger partial charge in [-0.05, 0) is 57.9 Å². The van der Waals surface area contributed by atoms with E-state index in [1.165, 1.54) is 5.56 Å². The largest absolute Gasteiger partial charge is 0.460 e. The van der Waals surface area contributed by atoms with Crippen LogP contribution in [-0.2, 0) is 16.1 Å². The summed E-state index contributed by atoms with van der Waals surface area (Å²) in [5, 5.41) is 0. The quantitative estimate of drug-likeness (QED) is 0.487. The number of nitrogens with two attached hydrogens (primary N) is 1. The van der Waals surface area contributed by atoms with Crippen LogP contribution in [0.5, 0.6) is 0 Å². The number of benzene rings is 2. The van der Waals surface area contributed by atoms with Gasteiger partial charge in [-0.25, -0.2) is 0 Å². The van der Waals surface area contributed by atoms with E-state index in [9.17, 15) is 9.59 Å². The second kappa shape index (κ2) is 11.8. The van der Waals surface area contributed by atoms with Crippen molar-refractivity contribution < 1.29 is 14.3 Å². The molecule has 3 rings (SSSR count). The standard InChI is InChI=1S/C20H28O3.C7H9N/c1-14(18(21)16-8-6-5-7-9-16)15-10-12-17(13-11-15)19(22)23-20(2,3)4;8-6-7-4-2-1-3-5-7/h5-9,14-15,17H,10-13H2,1-4H3;1-5H,6,8H2. The van der Waals surface area contributed by atoms with E-state index in [1.807, 2.05) is 88.4 Å². The molecular formula is C27H37NO3. The molecule has 1 aliphatic carbocycles. The van der Waals surface area contributed by atoms with Gasteiger partial charge in [0, 0.05) is 18.0 Å². The van der Waals surface area contributed by atoms with Crippen molar-refractivity contribution in [2.75, 3.05) is 0 Å². The molecule has 1 aliphatic rings. The molecule has 0 heterocycles. The molecule has 2 N–H and O–H groups in total. The van der Waals surface area contributed by atoms with E-state index < -0.39 is 5.60 Å². The van der Waals surface area contributed by atoms with Gasteiger partial charge >= 0.3 is 5.97 Å². The minimum absolute atomic E-state index is 0.00972. The number of hydrogen-bond acceptors (Lipinski definition) is 4. The molecule has 0 spiro atoms. The summed E-state index contributed by atoms with van der Waals surface area (Å²) in [7, 11) is 0. The van der Waals surface area contributed by atoms with E-state index in [0.29, 0.717) is 12.5 Å². The van der Waals surface area contributed by atoms with Crippen LogP contribution in [-0.4, -0.2) is 17.4 Å². The molecule has 0 amide bonds. The Kier molecular flexibility index (Phi) is 9.44. The molecule has 1 atom stereocenters. The number of rotatable bonds is 5. The molecule has 1 unspecified atom stereocenters. The van der Waals surface area contributed by atoms with Crippen LogP contribution in [0, 0.1) is 17.8 Å². The van der Waals surface area contributed by atoms with E-state index >= 15 is 0 Å². The molecule has 0 aliphatic heterocycles. The molecule has 0 saturated heterocycles. The second-order valence-electron chi connectivity index (χ2n) is 9.35. The summed E-state index contributed by atoms with van der Waals surface area (Å²) in [6, 6.07) is 19.5. The maximum Gasteiger partial charge on any atom is 0.309 e. The molecule has 31 heavy (non-hydrogen) atoms. The van der Waals surface area contributed by atoms with Crippen LogP contribution in [0.1, 0.15) is 69.3 Å². The Morgan fingerprint density at radius 1 is 0.935 bits per heavy atom. The Balaban J connectivity index is 0.000000357. The van der Waals surface area contributed by atoms with Crippen molar-refractivity contribution in [3.05, 3.63) is 71.8 Å². The Hall–Kier alpha value is -2.46. The third kappa shape index (κ3) is 8.29. The molecule has 4 heteroatoms. The highest BCUT2D eigenvalue weighted by Gasteiger charge is 2.33. The van der Waals surface area contributed by atoms with Crippen molar-refractivity contribution in [2.24, 2.45) is 23.5 Å². The highest BCUT2D eigenvalue weighted by Crippen LogP contribution is 2.35. The van der Waals surface area contributed by atoms with E-state index in [0.717, 1.165) is 31.2 Å². The third-order valence-corrected chi connectivity index (χ3v) is 5.77. The highest BCUT2D eigenvalue weighted by molar-refractivity contribution is 5.97. The Bertz CT molecular complexity index is 803. The van der Waals surface area contributed by atoms with Crippen LogP contribution in [0.4, 0.5) is 0 Å². The SMILES string of the molecule is CC(C(=O)c1ccccc1)C1CCC(C(=O)OC(C)(C)C)CC1.NCc1ccccc1. The Morgan fingerprint density at radius 2 is 1.45 bits per heavy atom. The smallest absolute Gasteiger partial charge is 0.309 e. The van der Waals surface area contributed by atoms with Crippen molar-refractivity contribution in [3.63, 3.8) is 0 Å². The van der Waals surface area contributed by atoms with Crippen molar-refractivity contribution in [3.8, 4) is 0 Å². The average molecular weight is 424 g/mol. The normalized spacial score (nSPS) is 19.5. The number of carbonyl (C=O) groups excluding carboxylic acids is 2. The van der Waals surface area contributed by atoms with Crippen LogP contribution in [0.25, 0.3) is 0 Å². The molecule has 2 aromatic carbocycles. The lowest BCUT2D eigenvalue weighted by molar-refractivity contribution is -0.161. The summed E-state index contributed by atoms with van der Waals surface area (Å²) in [6.07, 6.45) is 3.49. The highest BCUT2D eigenvalue weighted by atomic mass is 16.6. The van der Waals surface area contributed by atoms with Crippen LogP contribution in [0.2, 0.25) is 0 Å².